The summed E-state index contributed by atoms with van der Waals surface area (Å²) >= 11 is 0. The number of nitrogens with one attached hydrogen (secondary N) is 1. The Morgan fingerprint density at radius 1 is 1.56 bits per heavy atom. The lowest BCUT2D eigenvalue weighted by Gasteiger charge is -2.35. The molecule has 0 amide bonds. The Hall–Kier alpha value is -1.45. The number of hydrogen-bond donors (Lipinski definition) is 1. The van der Waals surface area contributed by atoms with Gasteiger partial charge < -0.3 is 9.88 Å². The van der Waals surface area contributed by atoms with Gasteiger partial charge >= 0.3 is 0 Å². The van der Waals surface area contributed by atoms with Crippen LogP contribution in [0, 0.1) is 17.2 Å². The summed E-state index contributed by atoms with van der Waals surface area (Å²) in [5.41, 5.74) is -0.387. The first-order chi connectivity index (χ1) is 8.77. The van der Waals surface area contributed by atoms with Crippen molar-refractivity contribution in [3.63, 3.8) is 0 Å². The minimum absolute atomic E-state index is 0.387. The summed E-state index contributed by atoms with van der Waals surface area (Å²) in [7, 11) is 1.90. The van der Waals surface area contributed by atoms with Crippen molar-refractivity contribution in [1.82, 2.24) is 25.0 Å². The van der Waals surface area contributed by atoms with E-state index in [1.807, 2.05) is 7.05 Å². The maximum atomic E-state index is 9.50. The summed E-state index contributed by atoms with van der Waals surface area (Å²) in [6.45, 7) is 3.44. The van der Waals surface area contributed by atoms with E-state index in [0.717, 1.165) is 32.0 Å². The second-order valence-electron chi connectivity index (χ2n) is 5.26. The van der Waals surface area contributed by atoms with Crippen LogP contribution < -0.4 is 5.32 Å². The van der Waals surface area contributed by atoms with Crippen LogP contribution in [0.15, 0.2) is 6.33 Å². The van der Waals surface area contributed by atoms with E-state index in [1.54, 1.807) is 6.33 Å². The molecule has 1 unspecified atom stereocenters. The average molecular weight is 246 g/mol. The van der Waals surface area contributed by atoms with E-state index >= 15 is 0 Å². The highest BCUT2D eigenvalue weighted by atomic mass is 15.3. The van der Waals surface area contributed by atoms with Crippen LogP contribution in [0.2, 0.25) is 0 Å². The third kappa shape index (κ3) is 1.89. The molecule has 0 radical (unpaired) electrons. The number of likely N-dealkylation sites (N-methyl/N-ethyl adjacent to an activating group) is 1. The summed E-state index contributed by atoms with van der Waals surface area (Å²) in [5, 5.41) is 20.8. The van der Waals surface area contributed by atoms with Gasteiger partial charge in [0.1, 0.15) is 17.7 Å². The van der Waals surface area contributed by atoms with Gasteiger partial charge in [-0.25, -0.2) is 0 Å². The van der Waals surface area contributed by atoms with Crippen LogP contribution in [-0.4, -0.2) is 45.3 Å². The predicted molar refractivity (Wildman–Crippen MR) is 65.4 cm³/mol. The molecule has 1 N–H and O–H groups in total. The van der Waals surface area contributed by atoms with Gasteiger partial charge in [-0.1, -0.05) is 0 Å². The molecule has 1 saturated carbocycles. The molecule has 0 aromatic carbocycles. The van der Waals surface area contributed by atoms with Crippen molar-refractivity contribution in [3.8, 4) is 6.07 Å². The molecular formula is C12H18N6. The first-order valence-electron chi connectivity index (χ1n) is 6.46. The van der Waals surface area contributed by atoms with Crippen LogP contribution in [0.4, 0.5) is 0 Å². The molecule has 2 aliphatic rings. The van der Waals surface area contributed by atoms with Crippen LogP contribution in [0.3, 0.4) is 0 Å². The van der Waals surface area contributed by atoms with E-state index in [9.17, 15) is 5.26 Å². The lowest BCUT2D eigenvalue weighted by atomic mass is 9.94. The van der Waals surface area contributed by atoms with Gasteiger partial charge in [0.25, 0.3) is 0 Å². The molecular weight excluding hydrogens is 228 g/mol. The highest BCUT2D eigenvalue weighted by Crippen LogP contribution is 2.40. The van der Waals surface area contributed by atoms with Crippen LogP contribution in [-0.2, 0) is 13.1 Å². The summed E-state index contributed by atoms with van der Waals surface area (Å²) in [6, 6.07) is 2.50. The molecule has 6 heteroatoms. The van der Waals surface area contributed by atoms with Crippen LogP contribution in [0.1, 0.15) is 18.7 Å². The number of nitrogens with zero attached hydrogens (tertiary/aromatic N) is 5. The number of aromatic nitrogens is 3. The Balaban J connectivity index is 1.72. The van der Waals surface area contributed by atoms with E-state index in [2.05, 4.69) is 31.1 Å². The van der Waals surface area contributed by atoms with Gasteiger partial charge in [0.05, 0.1) is 12.6 Å². The molecule has 1 aliphatic carbocycles. The molecule has 1 aromatic rings. The zero-order valence-corrected chi connectivity index (χ0v) is 10.6. The Kier molecular flexibility index (Phi) is 2.80. The zero-order chi connectivity index (χ0) is 12.6. The molecule has 3 rings (SSSR count). The fourth-order valence-corrected chi connectivity index (χ4v) is 2.77. The third-order valence-electron chi connectivity index (χ3n) is 4.11. The topological polar surface area (TPSA) is 69.8 Å². The maximum absolute atomic E-state index is 9.50. The fraction of sp³-hybridized carbons (Fsp3) is 0.750. The fourth-order valence-electron chi connectivity index (χ4n) is 2.77. The number of fused-ring (bicyclic) bond motifs is 1. The Morgan fingerprint density at radius 2 is 2.39 bits per heavy atom. The molecule has 1 fully saturated rings. The largest absolute Gasteiger partial charge is 0.315 e. The van der Waals surface area contributed by atoms with E-state index in [4.69, 9.17) is 0 Å². The summed E-state index contributed by atoms with van der Waals surface area (Å²) < 4.78 is 2.08. The quantitative estimate of drug-likeness (QED) is 0.809. The number of nitriles is 1. The monoisotopic (exact) mass is 246 g/mol. The third-order valence-corrected chi connectivity index (χ3v) is 4.11. The molecule has 1 atom stereocenters. The molecule has 1 aromatic heterocycles. The number of rotatable bonds is 4. The van der Waals surface area contributed by atoms with E-state index < -0.39 is 0 Å². The van der Waals surface area contributed by atoms with Gasteiger partial charge in [-0.05, 0) is 25.8 Å². The summed E-state index contributed by atoms with van der Waals surface area (Å²) in [5.74, 6) is 1.51. The molecule has 96 valence electrons. The van der Waals surface area contributed by atoms with Gasteiger partial charge in [-0.3, -0.25) is 4.90 Å². The Bertz CT molecular complexity index is 471. The highest BCUT2D eigenvalue weighted by Gasteiger charge is 2.46. The van der Waals surface area contributed by atoms with Gasteiger partial charge in [-0.15, -0.1) is 10.2 Å². The van der Waals surface area contributed by atoms with Crippen molar-refractivity contribution in [3.05, 3.63) is 12.2 Å². The van der Waals surface area contributed by atoms with E-state index in [-0.39, 0.29) is 5.54 Å². The Morgan fingerprint density at radius 3 is 3.06 bits per heavy atom. The van der Waals surface area contributed by atoms with Gasteiger partial charge in [0.2, 0.25) is 0 Å². The van der Waals surface area contributed by atoms with Crippen molar-refractivity contribution in [2.45, 2.75) is 31.5 Å². The standard InChI is InChI=1S/C12H18N6/c1-14-12(7-13,10-2-3-10)8-17-4-5-18-9-15-16-11(18)6-17/h9-10,14H,2-6,8H2,1H3. The van der Waals surface area contributed by atoms with E-state index in [0.29, 0.717) is 5.92 Å². The molecule has 18 heavy (non-hydrogen) atoms. The second kappa shape index (κ2) is 4.34. The highest BCUT2D eigenvalue weighted by molar-refractivity contribution is 5.16. The van der Waals surface area contributed by atoms with Gasteiger partial charge in [0.15, 0.2) is 0 Å². The molecule has 2 heterocycles. The van der Waals surface area contributed by atoms with Crippen LogP contribution in [0.25, 0.3) is 0 Å². The van der Waals surface area contributed by atoms with E-state index in [1.165, 1.54) is 12.8 Å². The molecule has 1 aliphatic heterocycles. The predicted octanol–water partition coefficient (Wildman–Crippen LogP) is -0.0145. The first-order valence-corrected chi connectivity index (χ1v) is 6.46. The summed E-state index contributed by atoms with van der Waals surface area (Å²) in [6.07, 6.45) is 4.11. The SMILES string of the molecule is CNC(C#N)(CN1CCn2cnnc2C1)C1CC1. The van der Waals surface area contributed by atoms with Crippen molar-refractivity contribution < 1.29 is 0 Å². The maximum Gasteiger partial charge on any atom is 0.147 e. The summed E-state index contributed by atoms with van der Waals surface area (Å²) in [4.78, 5) is 2.31. The minimum atomic E-state index is -0.387. The lowest BCUT2D eigenvalue weighted by Crippen LogP contribution is -2.54. The number of hydrogen-bond acceptors (Lipinski definition) is 5. The Labute approximate surface area is 107 Å². The van der Waals surface area contributed by atoms with Gasteiger partial charge in [-0.2, -0.15) is 5.26 Å². The molecule has 6 nitrogen and oxygen atoms in total. The van der Waals surface area contributed by atoms with Crippen LogP contribution >= 0.6 is 0 Å². The van der Waals surface area contributed by atoms with Crippen molar-refractivity contribution in [1.29, 1.82) is 5.26 Å². The van der Waals surface area contributed by atoms with Crippen LogP contribution in [0.5, 0.6) is 0 Å². The van der Waals surface area contributed by atoms with Crippen molar-refractivity contribution in [2.75, 3.05) is 20.1 Å². The van der Waals surface area contributed by atoms with Gasteiger partial charge in [0, 0.05) is 19.6 Å². The second-order valence-corrected chi connectivity index (χ2v) is 5.26. The lowest BCUT2D eigenvalue weighted by molar-refractivity contribution is 0.164. The van der Waals surface area contributed by atoms with Crippen molar-refractivity contribution in [2.24, 2.45) is 5.92 Å². The first kappa shape index (κ1) is 11.6. The smallest absolute Gasteiger partial charge is 0.147 e. The van der Waals surface area contributed by atoms with Crippen molar-refractivity contribution >= 4 is 0 Å². The molecule has 0 bridgehead atoms. The molecule has 0 saturated heterocycles. The zero-order valence-electron chi connectivity index (χ0n) is 10.6. The minimum Gasteiger partial charge on any atom is -0.315 e. The molecule has 0 spiro atoms. The normalized spacial score (nSPS) is 23.1. The average Bonchev–Trinajstić information content (AvgIpc) is 3.15.